The van der Waals surface area contributed by atoms with E-state index in [0.29, 0.717) is 0 Å². The normalized spacial score (nSPS) is 10.3. The van der Waals surface area contributed by atoms with Crippen LogP contribution in [-0.2, 0) is 12.8 Å². The largest absolute Gasteiger partial charge is 0.384 e. The van der Waals surface area contributed by atoms with Crippen LogP contribution in [0.5, 0.6) is 0 Å². The fourth-order valence-electron chi connectivity index (χ4n) is 1.91. The van der Waals surface area contributed by atoms with Crippen LogP contribution in [0.2, 0.25) is 0 Å². The number of benzene rings is 1. The summed E-state index contributed by atoms with van der Waals surface area (Å²) in [5.41, 5.74) is 3.83. The summed E-state index contributed by atoms with van der Waals surface area (Å²) in [6.07, 6.45) is 5.76. The first-order chi connectivity index (χ1) is 8.79. The number of aryl methyl sites for hydroxylation is 1. The van der Waals surface area contributed by atoms with E-state index < -0.39 is 0 Å². The van der Waals surface area contributed by atoms with Crippen molar-refractivity contribution in [3.8, 4) is 0 Å². The third-order valence-electron chi connectivity index (χ3n) is 2.90. The molecule has 1 heterocycles. The molecule has 0 fully saturated rings. The van der Waals surface area contributed by atoms with Gasteiger partial charge in [-0.05, 0) is 48.2 Å². The first-order valence-electron chi connectivity index (χ1n) is 6.21. The SMILES string of the molecule is CCc1cc(Br)ccc1NCCc1cccnc1. The Balaban J connectivity index is 1.94. The molecule has 1 aromatic heterocycles. The number of pyridine rings is 1. The second-order valence-electron chi connectivity index (χ2n) is 4.19. The van der Waals surface area contributed by atoms with Crippen LogP contribution in [0.3, 0.4) is 0 Å². The molecule has 3 heteroatoms. The van der Waals surface area contributed by atoms with E-state index in [1.165, 1.54) is 16.8 Å². The predicted octanol–water partition coefficient (Wildman–Crippen LogP) is 4.06. The van der Waals surface area contributed by atoms with Crippen LogP contribution in [0.15, 0.2) is 47.2 Å². The smallest absolute Gasteiger partial charge is 0.0373 e. The van der Waals surface area contributed by atoms with Crippen molar-refractivity contribution < 1.29 is 0 Å². The number of rotatable bonds is 5. The summed E-state index contributed by atoms with van der Waals surface area (Å²) in [5.74, 6) is 0. The lowest BCUT2D eigenvalue weighted by Gasteiger charge is -2.11. The molecular weight excluding hydrogens is 288 g/mol. The number of hydrogen-bond donors (Lipinski definition) is 1. The molecule has 18 heavy (non-hydrogen) atoms. The molecule has 1 N–H and O–H groups in total. The minimum absolute atomic E-state index is 0.931. The highest BCUT2D eigenvalue weighted by atomic mass is 79.9. The van der Waals surface area contributed by atoms with Gasteiger partial charge in [-0.25, -0.2) is 0 Å². The summed E-state index contributed by atoms with van der Waals surface area (Å²) in [7, 11) is 0. The van der Waals surface area contributed by atoms with Crippen molar-refractivity contribution >= 4 is 21.6 Å². The van der Waals surface area contributed by atoms with Gasteiger partial charge in [-0.15, -0.1) is 0 Å². The zero-order chi connectivity index (χ0) is 12.8. The lowest BCUT2D eigenvalue weighted by atomic mass is 10.1. The Morgan fingerprint density at radius 2 is 2.17 bits per heavy atom. The fraction of sp³-hybridized carbons (Fsp3) is 0.267. The second-order valence-corrected chi connectivity index (χ2v) is 5.11. The lowest BCUT2D eigenvalue weighted by Crippen LogP contribution is -2.06. The van der Waals surface area contributed by atoms with Crippen LogP contribution in [0.25, 0.3) is 0 Å². The van der Waals surface area contributed by atoms with Gasteiger partial charge in [0.05, 0.1) is 0 Å². The molecule has 2 nitrogen and oxygen atoms in total. The third kappa shape index (κ3) is 3.57. The number of aromatic nitrogens is 1. The molecule has 0 aliphatic carbocycles. The van der Waals surface area contributed by atoms with Crippen molar-refractivity contribution in [2.24, 2.45) is 0 Å². The summed E-state index contributed by atoms with van der Waals surface area (Å²) in [5, 5.41) is 3.49. The first-order valence-corrected chi connectivity index (χ1v) is 7.00. The van der Waals surface area contributed by atoms with Gasteiger partial charge in [-0.1, -0.05) is 28.9 Å². The molecule has 2 aromatic rings. The molecule has 94 valence electrons. The van der Waals surface area contributed by atoms with E-state index in [-0.39, 0.29) is 0 Å². The zero-order valence-corrected chi connectivity index (χ0v) is 12.1. The molecule has 0 bridgehead atoms. The molecule has 0 unspecified atom stereocenters. The second kappa shape index (κ2) is 6.55. The zero-order valence-electron chi connectivity index (χ0n) is 10.5. The van der Waals surface area contributed by atoms with Gasteiger partial charge in [0.2, 0.25) is 0 Å². The minimum atomic E-state index is 0.931. The van der Waals surface area contributed by atoms with Crippen LogP contribution in [0.1, 0.15) is 18.1 Å². The molecule has 2 rings (SSSR count). The highest BCUT2D eigenvalue weighted by Crippen LogP contribution is 2.21. The standard InChI is InChI=1S/C15H17BrN2/c1-2-13-10-14(16)5-6-15(13)18-9-7-12-4-3-8-17-11-12/h3-6,8,10-11,18H,2,7,9H2,1H3. The summed E-state index contributed by atoms with van der Waals surface area (Å²) in [6.45, 7) is 3.11. The quantitative estimate of drug-likeness (QED) is 0.901. The van der Waals surface area contributed by atoms with Crippen molar-refractivity contribution in [3.05, 3.63) is 58.3 Å². The fourth-order valence-corrected chi connectivity index (χ4v) is 2.32. The summed E-state index contributed by atoms with van der Waals surface area (Å²) >= 11 is 3.51. The van der Waals surface area contributed by atoms with Gasteiger partial charge >= 0.3 is 0 Å². The molecule has 0 saturated carbocycles. The molecule has 0 spiro atoms. The average molecular weight is 305 g/mol. The van der Waals surface area contributed by atoms with Gasteiger partial charge in [0, 0.05) is 29.1 Å². The topological polar surface area (TPSA) is 24.9 Å². The molecule has 0 aliphatic heterocycles. The Bertz CT molecular complexity index is 497. The average Bonchev–Trinajstić information content (AvgIpc) is 2.41. The predicted molar refractivity (Wildman–Crippen MR) is 80.0 cm³/mol. The van der Waals surface area contributed by atoms with Gasteiger partial charge in [-0.3, -0.25) is 4.98 Å². The molecule has 0 atom stereocenters. The number of nitrogens with one attached hydrogen (secondary N) is 1. The van der Waals surface area contributed by atoms with E-state index in [0.717, 1.165) is 23.9 Å². The minimum Gasteiger partial charge on any atom is -0.384 e. The van der Waals surface area contributed by atoms with E-state index in [9.17, 15) is 0 Å². The monoisotopic (exact) mass is 304 g/mol. The van der Waals surface area contributed by atoms with Crippen LogP contribution in [-0.4, -0.2) is 11.5 Å². The maximum absolute atomic E-state index is 4.12. The highest BCUT2D eigenvalue weighted by molar-refractivity contribution is 9.10. The van der Waals surface area contributed by atoms with Crippen molar-refractivity contribution in [1.29, 1.82) is 0 Å². The van der Waals surface area contributed by atoms with Gasteiger partial charge in [-0.2, -0.15) is 0 Å². The van der Waals surface area contributed by atoms with Gasteiger partial charge in [0.15, 0.2) is 0 Å². The van der Waals surface area contributed by atoms with E-state index in [2.05, 4.69) is 57.4 Å². The van der Waals surface area contributed by atoms with Crippen LogP contribution in [0, 0.1) is 0 Å². The van der Waals surface area contributed by atoms with Crippen molar-refractivity contribution in [3.63, 3.8) is 0 Å². The highest BCUT2D eigenvalue weighted by Gasteiger charge is 2.01. The van der Waals surface area contributed by atoms with E-state index in [1.807, 2.05) is 12.3 Å². The van der Waals surface area contributed by atoms with Crippen molar-refractivity contribution in [1.82, 2.24) is 4.98 Å². The number of hydrogen-bond acceptors (Lipinski definition) is 2. The molecular formula is C15H17BrN2. The third-order valence-corrected chi connectivity index (χ3v) is 3.39. The van der Waals surface area contributed by atoms with Crippen molar-refractivity contribution in [2.75, 3.05) is 11.9 Å². The lowest BCUT2D eigenvalue weighted by molar-refractivity contribution is 0.996. The first kappa shape index (κ1) is 13.1. The molecule has 0 radical (unpaired) electrons. The Morgan fingerprint density at radius 3 is 2.89 bits per heavy atom. The number of halogens is 1. The van der Waals surface area contributed by atoms with E-state index in [1.54, 1.807) is 6.20 Å². The molecule has 0 aliphatic rings. The van der Waals surface area contributed by atoms with Crippen LogP contribution in [0.4, 0.5) is 5.69 Å². The Morgan fingerprint density at radius 1 is 1.28 bits per heavy atom. The van der Waals surface area contributed by atoms with Gasteiger partial charge in [0.25, 0.3) is 0 Å². The Labute approximate surface area is 117 Å². The summed E-state index contributed by atoms with van der Waals surface area (Å²) in [6, 6.07) is 10.5. The molecule has 1 aromatic carbocycles. The molecule has 0 amide bonds. The Hall–Kier alpha value is -1.35. The number of anilines is 1. The van der Waals surface area contributed by atoms with Gasteiger partial charge in [0.1, 0.15) is 0 Å². The van der Waals surface area contributed by atoms with Crippen LogP contribution < -0.4 is 5.32 Å². The van der Waals surface area contributed by atoms with Crippen LogP contribution >= 0.6 is 15.9 Å². The Kier molecular flexibility index (Phi) is 4.76. The maximum Gasteiger partial charge on any atom is 0.0373 e. The van der Waals surface area contributed by atoms with E-state index in [4.69, 9.17) is 0 Å². The summed E-state index contributed by atoms with van der Waals surface area (Å²) < 4.78 is 1.14. The summed E-state index contributed by atoms with van der Waals surface area (Å²) in [4.78, 5) is 4.12. The number of nitrogens with zero attached hydrogens (tertiary/aromatic N) is 1. The van der Waals surface area contributed by atoms with Gasteiger partial charge < -0.3 is 5.32 Å². The maximum atomic E-state index is 4.12. The van der Waals surface area contributed by atoms with E-state index >= 15 is 0 Å². The molecule has 0 saturated heterocycles. The van der Waals surface area contributed by atoms with Crippen molar-refractivity contribution in [2.45, 2.75) is 19.8 Å².